The van der Waals surface area contributed by atoms with E-state index in [-0.39, 0.29) is 17.6 Å². The maximum atomic E-state index is 12.8. The number of aromatic amines is 1. The molecule has 1 aliphatic rings. The highest BCUT2D eigenvalue weighted by molar-refractivity contribution is 5.96. The second-order valence-electron chi connectivity index (χ2n) is 6.16. The number of aryl methyl sites for hydroxylation is 1. The molecule has 2 aromatic heterocycles. The molecule has 0 radical (unpaired) electrons. The summed E-state index contributed by atoms with van der Waals surface area (Å²) in [6, 6.07) is 12.7. The first-order chi connectivity index (χ1) is 12.1. The van der Waals surface area contributed by atoms with Crippen LogP contribution in [0.2, 0.25) is 0 Å². The number of hydrogen-bond acceptors (Lipinski definition) is 4. The fourth-order valence-corrected chi connectivity index (χ4v) is 3.13. The first kappa shape index (κ1) is 15.7. The number of ether oxygens (including phenoxy) is 1. The Labute approximate surface area is 144 Å². The number of carbonyl (C=O) groups excluding carboxylic acids is 1. The second-order valence-corrected chi connectivity index (χ2v) is 6.16. The Hall–Kier alpha value is -2.86. The van der Waals surface area contributed by atoms with Crippen molar-refractivity contribution in [1.82, 2.24) is 9.88 Å². The highest BCUT2D eigenvalue weighted by Gasteiger charge is 2.28. The molecule has 25 heavy (non-hydrogen) atoms. The summed E-state index contributed by atoms with van der Waals surface area (Å²) < 4.78 is 11.3. The fourth-order valence-electron chi connectivity index (χ4n) is 3.13. The van der Waals surface area contributed by atoms with E-state index in [2.05, 4.69) is 4.98 Å². The first-order valence-electron chi connectivity index (χ1n) is 8.21. The number of nitrogens with zero attached hydrogens (tertiary/aromatic N) is 1. The predicted octanol–water partition coefficient (Wildman–Crippen LogP) is 2.64. The van der Waals surface area contributed by atoms with Crippen LogP contribution in [0.3, 0.4) is 0 Å². The quantitative estimate of drug-likeness (QED) is 0.779. The minimum atomic E-state index is -0.293. The van der Waals surface area contributed by atoms with Crippen molar-refractivity contribution in [2.75, 3.05) is 19.7 Å². The van der Waals surface area contributed by atoms with Crippen molar-refractivity contribution in [1.29, 1.82) is 0 Å². The lowest BCUT2D eigenvalue weighted by Gasteiger charge is -2.32. The minimum absolute atomic E-state index is 0.209. The van der Waals surface area contributed by atoms with Gasteiger partial charge in [-0.15, -0.1) is 0 Å². The fraction of sp³-hybridized carbons (Fsp3) is 0.263. The maximum absolute atomic E-state index is 12.8. The van der Waals surface area contributed by atoms with Gasteiger partial charge in [-0.1, -0.05) is 18.2 Å². The van der Waals surface area contributed by atoms with Gasteiger partial charge in [0.1, 0.15) is 23.3 Å². The van der Waals surface area contributed by atoms with E-state index in [4.69, 9.17) is 9.15 Å². The number of hydrogen-bond donors (Lipinski definition) is 1. The van der Waals surface area contributed by atoms with Gasteiger partial charge in [-0.2, -0.15) is 0 Å². The molecule has 0 aliphatic carbocycles. The average Bonchev–Trinajstić information content (AvgIpc) is 3.08. The molecule has 6 heteroatoms. The third-order valence-corrected chi connectivity index (χ3v) is 4.42. The van der Waals surface area contributed by atoms with Gasteiger partial charge in [0.05, 0.1) is 13.2 Å². The Kier molecular flexibility index (Phi) is 3.89. The number of carbonyl (C=O) groups is 1. The molecule has 1 saturated heterocycles. The third-order valence-electron chi connectivity index (χ3n) is 4.42. The van der Waals surface area contributed by atoms with Gasteiger partial charge in [0.25, 0.3) is 11.5 Å². The molecule has 128 valence electrons. The molecule has 4 rings (SSSR count). The maximum Gasteiger partial charge on any atom is 0.270 e. The Morgan fingerprint density at radius 1 is 1.24 bits per heavy atom. The van der Waals surface area contributed by atoms with Gasteiger partial charge in [0.2, 0.25) is 0 Å². The van der Waals surface area contributed by atoms with E-state index >= 15 is 0 Å². The van der Waals surface area contributed by atoms with Crippen LogP contribution in [0.5, 0.6) is 0 Å². The summed E-state index contributed by atoms with van der Waals surface area (Å²) in [4.78, 5) is 29.4. The topological polar surface area (TPSA) is 75.5 Å². The minimum Gasteiger partial charge on any atom is -0.464 e. The predicted molar refractivity (Wildman–Crippen MR) is 92.6 cm³/mol. The van der Waals surface area contributed by atoms with E-state index in [1.807, 2.05) is 31.2 Å². The van der Waals surface area contributed by atoms with Gasteiger partial charge in [-0.3, -0.25) is 9.59 Å². The lowest BCUT2D eigenvalue weighted by Crippen LogP contribution is -2.42. The van der Waals surface area contributed by atoms with Crippen LogP contribution in [0.4, 0.5) is 0 Å². The molecule has 0 saturated carbocycles. The van der Waals surface area contributed by atoms with Gasteiger partial charge in [-0.25, -0.2) is 0 Å². The molecule has 0 bridgehead atoms. The highest BCUT2D eigenvalue weighted by atomic mass is 16.5. The molecule has 6 nitrogen and oxygen atoms in total. The first-order valence-corrected chi connectivity index (χ1v) is 8.21. The normalized spacial score (nSPS) is 17.8. The molecular formula is C19H18N2O4. The van der Waals surface area contributed by atoms with E-state index in [1.165, 1.54) is 0 Å². The molecule has 1 N–H and O–H groups in total. The van der Waals surface area contributed by atoms with Gasteiger partial charge < -0.3 is 19.0 Å². The van der Waals surface area contributed by atoms with Crippen molar-refractivity contribution < 1.29 is 13.9 Å². The third kappa shape index (κ3) is 2.96. The number of morpholine rings is 1. The molecule has 3 aromatic rings. The number of benzene rings is 1. The van der Waals surface area contributed by atoms with Crippen LogP contribution >= 0.6 is 0 Å². The van der Waals surface area contributed by atoms with Crippen molar-refractivity contribution in [3.8, 4) is 0 Å². The summed E-state index contributed by atoms with van der Waals surface area (Å²) in [7, 11) is 0. The van der Waals surface area contributed by atoms with E-state index in [0.29, 0.717) is 36.5 Å². The van der Waals surface area contributed by atoms with Crippen molar-refractivity contribution in [2.45, 2.75) is 13.0 Å². The summed E-state index contributed by atoms with van der Waals surface area (Å²) in [6.07, 6.45) is -0.293. The summed E-state index contributed by atoms with van der Waals surface area (Å²) in [5, 5.41) is 1.33. The Balaban J connectivity index is 1.61. The zero-order valence-corrected chi connectivity index (χ0v) is 13.8. The van der Waals surface area contributed by atoms with Crippen molar-refractivity contribution in [3.05, 3.63) is 70.0 Å². The Morgan fingerprint density at radius 3 is 2.88 bits per heavy atom. The number of furan rings is 1. The number of H-pyrrole nitrogens is 1. The van der Waals surface area contributed by atoms with Crippen LogP contribution in [0.15, 0.2) is 51.7 Å². The molecule has 0 spiro atoms. The van der Waals surface area contributed by atoms with Crippen LogP contribution in [0.1, 0.15) is 28.1 Å². The number of aromatic nitrogens is 1. The zero-order valence-electron chi connectivity index (χ0n) is 13.8. The van der Waals surface area contributed by atoms with E-state index < -0.39 is 0 Å². The smallest absolute Gasteiger partial charge is 0.270 e. The largest absolute Gasteiger partial charge is 0.464 e. The lowest BCUT2D eigenvalue weighted by atomic mass is 10.1. The van der Waals surface area contributed by atoms with E-state index in [0.717, 1.165) is 11.1 Å². The van der Waals surface area contributed by atoms with Gasteiger partial charge in [0.15, 0.2) is 0 Å². The molecule has 1 atom stereocenters. The number of pyridine rings is 1. The van der Waals surface area contributed by atoms with Crippen LogP contribution in [-0.4, -0.2) is 35.5 Å². The molecular weight excluding hydrogens is 320 g/mol. The van der Waals surface area contributed by atoms with Crippen LogP contribution in [0.25, 0.3) is 10.8 Å². The Morgan fingerprint density at radius 2 is 2.08 bits per heavy atom. The molecule has 1 aromatic carbocycles. The molecule has 0 unspecified atom stereocenters. The van der Waals surface area contributed by atoms with Crippen LogP contribution < -0.4 is 5.56 Å². The van der Waals surface area contributed by atoms with Crippen LogP contribution in [0, 0.1) is 6.92 Å². The monoisotopic (exact) mass is 338 g/mol. The molecule has 3 heterocycles. The summed E-state index contributed by atoms with van der Waals surface area (Å²) in [5.41, 5.74) is 0.0351. The van der Waals surface area contributed by atoms with E-state index in [1.54, 1.807) is 23.1 Å². The molecule has 1 fully saturated rings. The number of amides is 1. The summed E-state index contributed by atoms with van der Waals surface area (Å²) in [5.74, 6) is 1.31. The summed E-state index contributed by atoms with van der Waals surface area (Å²) >= 11 is 0. The number of rotatable bonds is 2. The van der Waals surface area contributed by atoms with Gasteiger partial charge in [0, 0.05) is 11.9 Å². The molecule has 1 aliphatic heterocycles. The second kappa shape index (κ2) is 6.22. The average molecular weight is 338 g/mol. The van der Waals surface area contributed by atoms with E-state index in [9.17, 15) is 9.59 Å². The Bertz CT molecular complexity index is 988. The SMILES string of the molecule is Cc1ccc([C@H]2CN(C(=O)c3cc4ccccc4c(=O)[nH]3)CCO2)o1. The van der Waals surface area contributed by atoms with Crippen molar-refractivity contribution in [3.63, 3.8) is 0 Å². The van der Waals surface area contributed by atoms with Gasteiger partial charge in [-0.05, 0) is 36.6 Å². The number of fused-ring (bicyclic) bond motifs is 1. The standard InChI is InChI=1S/C19H18N2O4/c1-12-6-7-16(25-12)17-11-21(8-9-24-17)19(23)15-10-13-4-2-3-5-14(13)18(22)20-15/h2-7,10,17H,8-9,11H2,1H3,(H,20,22)/t17-/m1/s1. The lowest BCUT2D eigenvalue weighted by molar-refractivity contribution is -0.0325. The summed E-state index contributed by atoms with van der Waals surface area (Å²) in [6.45, 7) is 3.16. The van der Waals surface area contributed by atoms with Crippen molar-refractivity contribution >= 4 is 16.7 Å². The van der Waals surface area contributed by atoms with Crippen molar-refractivity contribution in [2.24, 2.45) is 0 Å². The number of nitrogens with one attached hydrogen (secondary N) is 1. The van der Waals surface area contributed by atoms with Crippen LogP contribution in [-0.2, 0) is 4.74 Å². The van der Waals surface area contributed by atoms with Gasteiger partial charge >= 0.3 is 0 Å². The zero-order chi connectivity index (χ0) is 17.4. The molecule has 1 amide bonds. The highest BCUT2D eigenvalue weighted by Crippen LogP contribution is 2.25.